The molecule has 2 aliphatic carbocycles. The molecule has 0 aromatic rings. The van der Waals surface area contributed by atoms with Crippen molar-refractivity contribution in [1.29, 1.82) is 0 Å². The van der Waals surface area contributed by atoms with Crippen LogP contribution >= 0.6 is 0 Å². The van der Waals surface area contributed by atoms with Gasteiger partial charge >= 0.3 is 0 Å². The van der Waals surface area contributed by atoms with E-state index >= 15 is 0 Å². The molecule has 1 aliphatic heterocycles. The summed E-state index contributed by atoms with van der Waals surface area (Å²) in [6.45, 7) is 6.87. The summed E-state index contributed by atoms with van der Waals surface area (Å²) >= 11 is 0. The normalized spacial score (nSPS) is 50.3. The highest BCUT2D eigenvalue weighted by atomic mass is 16.6. The number of ether oxygens (including phenoxy) is 2. The van der Waals surface area contributed by atoms with Crippen molar-refractivity contribution in [2.75, 3.05) is 13.7 Å². The van der Waals surface area contributed by atoms with Crippen molar-refractivity contribution in [1.82, 2.24) is 0 Å². The van der Waals surface area contributed by atoms with Crippen LogP contribution in [-0.2, 0) is 9.47 Å². The molecule has 20 heavy (non-hydrogen) atoms. The first kappa shape index (κ1) is 14.5. The highest BCUT2D eigenvalue weighted by Crippen LogP contribution is 2.63. The first-order valence-electron chi connectivity index (χ1n) is 7.53. The quantitative estimate of drug-likeness (QED) is 0.721. The molecule has 4 nitrogen and oxygen atoms in total. The maximum atomic E-state index is 11.3. The first-order chi connectivity index (χ1) is 9.27. The van der Waals surface area contributed by atoms with Crippen LogP contribution in [0.1, 0.15) is 40.0 Å². The number of hydrogen-bond acceptors (Lipinski definition) is 4. The van der Waals surface area contributed by atoms with Crippen LogP contribution in [-0.4, -0.2) is 41.9 Å². The summed E-state index contributed by atoms with van der Waals surface area (Å²) in [4.78, 5) is 0. The highest BCUT2D eigenvalue weighted by molar-refractivity contribution is 5.35. The number of rotatable bonds is 1. The van der Waals surface area contributed by atoms with Crippen LogP contribution in [0.3, 0.4) is 0 Å². The topological polar surface area (TPSA) is 58.9 Å². The minimum Gasteiger partial charge on any atom is -0.379 e. The molecule has 0 radical (unpaired) electrons. The summed E-state index contributed by atoms with van der Waals surface area (Å²) in [5.74, 6) is 0.166. The van der Waals surface area contributed by atoms with Gasteiger partial charge in [0.2, 0.25) is 0 Å². The van der Waals surface area contributed by atoms with Gasteiger partial charge in [-0.3, -0.25) is 0 Å². The smallest absolute Gasteiger partial charge is 0.188 e. The zero-order valence-electron chi connectivity index (χ0n) is 12.8. The number of aliphatic hydroxyl groups is 2. The fraction of sp³-hybridized carbons (Fsp3) is 0.875. The van der Waals surface area contributed by atoms with Gasteiger partial charge < -0.3 is 19.7 Å². The molecule has 0 spiro atoms. The highest BCUT2D eigenvalue weighted by Gasteiger charge is 2.67. The Labute approximate surface area is 120 Å². The molecule has 0 amide bonds. The fourth-order valence-electron chi connectivity index (χ4n) is 5.20. The Kier molecular flexibility index (Phi) is 3.11. The second-order valence-corrected chi connectivity index (χ2v) is 7.56. The molecular weight excluding hydrogens is 256 g/mol. The lowest BCUT2D eigenvalue weighted by Gasteiger charge is -2.61. The number of methoxy groups -OCH3 is 1. The van der Waals surface area contributed by atoms with E-state index in [0.717, 1.165) is 24.8 Å². The average Bonchev–Trinajstić information content (AvgIpc) is 2.66. The Morgan fingerprint density at radius 1 is 1.30 bits per heavy atom. The maximum Gasteiger partial charge on any atom is 0.188 e. The van der Waals surface area contributed by atoms with Crippen LogP contribution in [0.5, 0.6) is 0 Å². The van der Waals surface area contributed by atoms with E-state index < -0.39 is 17.3 Å². The number of hydrogen-bond donors (Lipinski definition) is 2. The van der Waals surface area contributed by atoms with Crippen LogP contribution in [0.25, 0.3) is 0 Å². The summed E-state index contributed by atoms with van der Waals surface area (Å²) in [5, 5.41) is 21.5. The van der Waals surface area contributed by atoms with Crippen molar-refractivity contribution >= 4 is 0 Å². The Morgan fingerprint density at radius 2 is 2.00 bits per heavy atom. The van der Waals surface area contributed by atoms with E-state index in [1.54, 1.807) is 7.11 Å². The van der Waals surface area contributed by atoms with Gasteiger partial charge in [-0.05, 0) is 23.8 Å². The molecular formula is C16H26O4. The van der Waals surface area contributed by atoms with Gasteiger partial charge in [0, 0.05) is 18.4 Å². The van der Waals surface area contributed by atoms with Gasteiger partial charge in [0.25, 0.3) is 0 Å². The Balaban J connectivity index is 2.18. The monoisotopic (exact) mass is 282 g/mol. The summed E-state index contributed by atoms with van der Waals surface area (Å²) < 4.78 is 11.1. The molecule has 2 N–H and O–H groups in total. The van der Waals surface area contributed by atoms with Gasteiger partial charge in [-0.25, -0.2) is 0 Å². The maximum absolute atomic E-state index is 11.3. The molecule has 5 atom stereocenters. The second kappa shape index (κ2) is 4.29. The van der Waals surface area contributed by atoms with Gasteiger partial charge in [-0.15, -0.1) is 0 Å². The van der Waals surface area contributed by atoms with Crippen molar-refractivity contribution in [2.24, 2.45) is 16.7 Å². The average molecular weight is 282 g/mol. The van der Waals surface area contributed by atoms with Gasteiger partial charge in [0.1, 0.15) is 5.60 Å². The predicted molar refractivity (Wildman–Crippen MR) is 75.0 cm³/mol. The molecule has 4 heteroatoms. The zero-order chi connectivity index (χ0) is 14.8. The molecule has 114 valence electrons. The third-order valence-corrected chi connectivity index (χ3v) is 6.13. The lowest BCUT2D eigenvalue weighted by Crippen LogP contribution is -2.65. The van der Waals surface area contributed by atoms with E-state index in [4.69, 9.17) is 9.47 Å². The number of fused-ring (bicyclic) bond motifs is 3. The summed E-state index contributed by atoms with van der Waals surface area (Å²) in [7, 11) is 1.73. The number of aliphatic hydroxyl groups excluding tert-OH is 1. The molecule has 0 unspecified atom stereocenters. The van der Waals surface area contributed by atoms with Gasteiger partial charge in [0.05, 0.1) is 12.7 Å². The van der Waals surface area contributed by atoms with Crippen molar-refractivity contribution in [3.8, 4) is 0 Å². The van der Waals surface area contributed by atoms with Gasteiger partial charge in [-0.2, -0.15) is 0 Å². The Bertz CT molecular complexity index is 444. The van der Waals surface area contributed by atoms with Crippen molar-refractivity contribution in [2.45, 2.75) is 58.0 Å². The van der Waals surface area contributed by atoms with Crippen LogP contribution in [0.15, 0.2) is 11.6 Å². The van der Waals surface area contributed by atoms with Crippen LogP contribution in [0.2, 0.25) is 0 Å². The lowest BCUT2D eigenvalue weighted by atomic mass is 9.46. The molecule has 1 heterocycles. The van der Waals surface area contributed by atoms with Crippen molar-refractivity contribution in [3.63, 3.8) is 0 Å². The Hall–Kier alpha value is -0.420. The molecule has 3 rings (SSSR count). The largest absolute Gasteiger partial charge is 0.379 e. The van der Waals surface area contributed by atoms with Crippen LogP contribution in [0, 0.1) is 16.7 Å². The third-order valence-electron chi connectivity index (χ3n) is 6.13. The predicted octanol–water partition coefficient (Wildman–Crippen LogP) is 1.85. The van der Waals surface area contributed by atoms with Gasteiger partial charge in [-0.1, -0.05) is 33.3 Å². The molecule has 3 aliphatic rings. The van der Waals surface area contributed by atoms with E-state index in [1.165, 1.54) is 0 Å². The second-order valence-electron chi connectivity index (χ2n) is 7.56. The minimum absolute atomic E-state index is 0.0283. The fourth-order valence-corrected chi connectivity index (χ4v) is 5.20. The minimum atomic E-state index is -1.27. The molecule has 1 saturated carbocycles. The zero-order valence-corrected chi connectivity index (χ0v) is 12.8. The van der Waals surface area contributed by atoms with Crippen molar-refractivity contribution in [3.05, 3.63) is 11.6 Å². The Morgan fingerprint density at radius 3 is 2.65 bits per heavy atom. The molecule has 0 bridgehead atoms. The SMILES string of the molecule is CO[C@@H]1C=C2CO[C@@H](O)[C@]2(O)[C@@]2(C)CCCC(C)(C)[C@H]12. The van der Waals surface area contributed by atoms with E-state index in [1.807, 2.05) is 6.08 Å². The molecule has 0 aromatic heterocycles. The first-order valence-corrected chi connectivity index (χ1v) is 7.53. The summed E-state index contributed by atoms with van der Waals surface area (Å²) in [6.07, 6.45) is 3.87. The van der Waals surface area contributed by atoms with Crippen LogP contribution in [0.4, 0.5) is 0 Å². The lowest BCUT2D eigenvalue weighted by molar-refractivity contribution is -0.243. The molecule has 1 saturated heterocycles. The summed E-state index contributed by atoms with van der Waals surface area (Å²) in [5.41, 5.74) is -0.846. The van der Waals surface area contributed by atoms with Crippen molar-refractivity contribution < 1.29 is 19.7 Å². The van der Waals surface area contributed by atoms with E-state index in [2.05, 4.69) is 20.8 Å². The third kappa shape index (κ3) is 1.56. The summed E-state index contributed by atoms with van der Waals surface area (Å²) in [6, 6.07) is 0. The standard InChI is InChI=1S/C16H26O4/c1-14(2)6-5-7-15(3)12(14)11(19-4)8-10-9-20-13(17)16(10,15)18/h8,11-13,17-18H,5-7,9H2,1-4H3/t11-,12+,13-,15+,16+/m1/s1. The van der Waals surface area contributed by atoms with E-state index in [0.29, 0.717) is 6.61 Å². The van der Waals surface area contributed by atoms with E-state index in [-0.39, 0.29) is 17.4 Å². The van der Waals surface area contributed by atoms with Gasteiger partial charge in [0.15, 0.2) is 6.29 Å². The van der Waals surface area contributed by atoms with Crippen LogP contribution < -0.4 is 0 Å². The molecule has 0 aromatic carbocycles. The molecule has 2 fully saturated rings. The van der Waals surface area contributed by atoms with E-state index in [9.17, 15) is 10.2 Å².